The highest BCUT2D eigenvalue weighted by Gasteiger charge is 2.78. The van der Waals surface area contributed by atoms with Crippen LogP contribution in [-0.4, -0.2) is 122 Å². The fourth-order valence-corrected chi connectivity index (χ4v) is 16.7. The van der Waals surface area contributed by atoms with E-state index in [0.29, 0.717) is 23.8 Å². The quantitative estimate of drug-likeness (QED) is 0.0345. The highest BCUT2D eigenvalue weighted by molar-refractivity contribution is 5.97. The van der Waals surface area contributed by atoms with Crippen LogP contribution in [0.25, 0.3) is 0 Å². The van der Waals surface area contributed by atoms with Gasteiger partial charge in [0, 0.05) is 43.7 Å². The molecule has 1 saturated heterocycles. The third-order valence-corrected chi connectivity index (χ3v) is 21.2. The van der Waals surface area contributed by atoms with Gasteiger partial charge in [-0.05, 0) is 146 Å². The lowest BCUT2D eigenvalue weighted by molar-refractivity contribution is -0.346. The van der Waals surface area contributed by atoms with E-state index in [9.17, 15) is 44.4 Å². The number of hydrogen-bond donors (Lipinski definition) is 5. The Bertz CT molecular complexity index is 3420. The number of nitrogens with one attached hydrogen (secondary N) is 1. The number of aliphatic hydroxyl groups is 3. The zero-order valence-corrected chi connectivity index (χ0v) is 50.0. The number of phenolic OH excluding ortho intramolecular Hbond substituents is 1. The maximum atomic E-state index is 15.9. The number of aryl methyl sites for hydroxylation is 1. The molecular formula is C69H77NO17. The average molecular weight is 1190 g/mol. The van der Waals surface area contributed by atoms with Crippen molar-refractivity contribution in [3.05, 3.63) is 160 Å². The van der Waals surface area contributed by atoms with Crippen LogP contribution >= 0.6 is 0 Å². The van der Waals surface area contributed by atoms with Crippen molar-refractivity contribution < 1.29 is 82.4 Å². The van der Waals surface area contributed by atoms with Gasteiger partial charge in [0.25, 0.3) is 5.91 Å². The first-order valence-electron chi connectivity index (χ1n) is 30.2. The van der Waals surface area contributed by atoms with E-state index in [1.807, 2.05) is 12.1 Å². The molecule has 1 amide bonds. The SMILES string of the molecule is CC(=O)O[C@H]1C(=O)[C@@]2(C)[C@H]([C@H](OC(=O)c3ccccc3)[C@]3(O)C[C@H](OC(=O)[C@@H](OC(=O)/C=C/C[C@@H]4C[C@H]5[C@@H]6CCc7cc(O)ccc7[C@H]6CC[C@]5(C)[C@H]4O)[C@@H](NC(=O)c4ccccc4)c4ccccc4)C(C)=C1C3(C)C)[C@]1(OC(C)=O)CO[C@@H]1C[C@@H]2O. The molecule has 0 spiro atoms. The van der Waals surface area contributed by atoms with Gasteiger partial charge in [0.1, 0.15) is 35.7 Å². The first-order valence-corrected chi connectivity index (χ1v) is 30.2. The van der Waals surface area contributed by atoms with E-state index in [0.717, 1.165) is 46.0 Å². The van der Waals surface area contributed by atoms with Crippen molar-refractivity contribution in [2.24, 2.45) is 39.9 Å². The zero-order valence-electron chi connectivity index (χ0n) is 50.0. The van der Waals surface area contributed by atoms with E-state index in [1.54, 1.807) is 105 Å². The van der Waals surface area contributed by atoms with E-state index in [2.05, 4.69) is 12.2 Å². The van der Waals surface area contributed by atoms with Gasteiger partial charge >= 0.3 is 29.8 Å². The fourth-order valence-electron chi connectivity index (χ4n) is 16.7. The molecule has 0 aromatic heterocycles. The van der Waals surface area contributed by atoms with Crippen molar-refractivity contribution in [2.75, 3.05) is 6.61 Å². The van der Waals surface area contributed by atoms with E-state index >= 15 is 9.59 Å². The lowest BCUT2D eigenvalue weighted by Crippen LogP contribution is -2.82. The molecule has 460 valence electrons. The third-order valence-electron chi connectivity index (χ3n) is 21.2. The number of aliphatic hydroxyl groups excluding tert-OH is 2. The number of fused-ring (bicyclic) bond motifs is 10. The van der Waals surface area contributed by atoms with Gasteiger partial charge in [0.2, 0.25) is 6.10 Å². The Balaban J connectivity index is 0.967. The monoisotopic (exact) mass is 1190 g/mol. The van der Waals surface area contributed by atoms with E-state index in [-0.39, 0.29) is 58.3 Å². The molecule has 18 heteroatoms. The molecule has 11 rings (SSSR count). The Morgan fingerprint density at radius 3 is 2.13 bits per heavy atom. The van der Waals surface area contributed by atoms with Crippen LogP contribution in [0.2, 0.25) is 0 Å². The van der Waals surface area contributed by atoms with Crippen LogP contribution in [0.4, 0.5) is 0 Å². The molecule has 18 nitrogen and oxygen atoms in total. The number of allylic oxidation sites excluding steroid dienone is 1. The molecule has 7 aliphatic rings. The van der Waals surface area contributed by atoms with Crippen molar-refractivity contribution in [1.29, 1.82) is 0 Å². The van der Waals surface area contributed by atoms with Gasteiger partial charge in [-0.25, -0.2) is 14.4 Å². The standard InChI is InChI=1S/C69H77NO17/c1-37-50(35-69(81)61(86-63(79)42-22-15-10-16-23-42)58-67(7,51(74)34-52-68(58,36-82-52)87-39(3)72)60(77)56(83-38(2)71)54(37)65(69,4)5)84-64(80)57(55(40-18-11-8-12-19-40)70-62(78)41-20-13-9-14-21-41)85-53(75)25-17-24-44-33-49-48-28-26-43-32-45(73)27-29-46(43)47(48)30-31-66(49,6)59(44)76/h8-23,25,27,29,32,44,47-52,55-59,61,73-74,76,81H,24,26,28,30-31,33-36H2,1-7H3,(H,70,78)/b25-17+/t44-,47-,48-,49+,50+,51+,52-,55+,56-,57+,58+,59+,61+,66+,67-,68+,69-/m1/s1. The molecule has 17 atom stereocenters. The summed E-state index contributed by atoms with van der Waals surface area (Å²) >= 11 is 0. The highest BCUT2D eigenvalue weighted by Crippen LogP contribution is 2.66. The number of ketones is 1. The Morgan fingerprint density at radius 2 is 1.48 bits per heavy atom. The lowest BCUT2D eigenvalue weighted by atomic mass is 9.44. The number of phenols is 1. The molecule has 4 saturated carbocycles. The number of benzene rings is 4. The molecule has 87 heavy (non-hydrogen) atoms. The predicted octanol–water partition coefficient (Wildman–Crippen LogP) is 8.08. The second-order valence-electron chi connectivity index (χ2n) is 26.2. The Kier molecular flexibility index (Phi) is 16.3. The minimum atomic E-state index is -2.49. The highest BCUT2D eigenvalue weighted by atomic mass is 16.6. The molecule has 5 fully saturated rings. The van der Waals surface area contributed by atoms with E-state index in [4.69, 9.17) is 28.4 Å². The van der Waals surface area contributed by atoms with Crippen LogP contribution in [0.5, 0.6) is 5.75 Å². The van der Waals surface area contributed by atoms with Crippen molar-refractivity contribution in [2.45, 2.75) is 166 Å². The normalized spacial score (nSPS) is 34.3. The number of esters is 5. The minimum absolute atomic E-state index is 0.0407. The summed E-state index contributed by atoms with van der Waals surface area (Å²) in [5.74, 6) is -7.18. The van der Waals surface area contributed by atoms with Crippen LogP contribution in [0, 0.1) is 39.9 Å². The van der Waals surface area contributed by atoms with Crippen molar-refractivity contribution in [3.63, 3.8) is 0 Å². The lowest BCUT2D eigenvalue weighted by Gasteiger charge is -2.67. The average Bonchev–Trinajstić information content (AvgIpc) is 1.12. The Labute approximate surface area is 505 Å². The third kappa shape index (κ3) is 10.5. The number of Topliss-reactive ketones (excluding diaryl/α,β-unsaturated/α-hetero) is 1. The summed E-state index contributed by atoms with van der Waals surface area (Å²) in [6.07, 6.45) is -4.32. The van der Waals surface area contributed by atoms with Crippen LogP contribution < -0.4 is 5.32 Å². The molecule has 2 bridgehead atoms. The summed E-state index contributed by atoms with van der Waals surface area (Å²) in [7, 11) is 0. The molecule has 4 aromatic rings. The summed E-state index contributed by atoms with van der Waals surface area (Å²) in [5.41, 5.74) is -5.48. The van der Waals surface area contributed by atoms with Crippen molar-refractivity contribution >= 4 is 41.5 Å². The number of aromatic hydroxyl groups is 1. The molecular weight excluding hydrogens is 1110 g/mol. The summed E-state index contributed by atoms with van der Waals surface area (Å²) < 4.78 is 37.4. The molecule has 0 unspecified atom stereocenters. The molecule has 1 aliphatic heterocycles. The van der Waals surface area contributed by atoms with Crippen LogP contribution in [0.3, 0.4) is 0 Å². The first-order chi connectivity index (χ1) is 41.3. The first kappa shape index (κ1) is 61.1. The van der Waals surface area contributed by atoms with Crippen LogP contribution in [0.15, 0.2) is 132 Å². The van der Waals surface area contributed by atoms with Gasteiger partial charge < -0.3 is 54.2 Å². The number of amides is 1. The minimum Gasteiger partial charge on any atom is -0.508 e. The maximum Gasteiger partial charge on any atom is 0.350 e. The fraction of sp³-hybridized carbons (Fsp3) is 0.493. The van der Waals surface area contributed by atoms with E-state index in [1.165, 1.54) is 43.2 Å². The van der Waals surface area contributed by atoms with Gasteiger partial charge in [0.05, 0.1) is 35.7 Å². The van der Waals surface area contributed by atoms with Crippen molar-refractivity contribution in [3.8, 4) is 5.75 Å². The van der Waals surface area contributed by atoms with Gasteiger partial charge in [0.15, 0.2) is 17.5 Å². The second-order valence-corrected chi connectivity index (χ2v) is 26.2. The largest absolute Gasteiger partial charge is 0.508 e. The molecule has 6 aliphatic carbocycles. The Hall–Kier alpha value is -7.51. The Morgan fingerprint density at radius 1 is 0.816 bits per heavy atom. The van der Waals surface area contributed by atoms with Gasteiger partial charge in [-0.2, -0.15) is 0 Å². The van der Waals surface area contributed by atoms with Crippen LogP contribution in [-0.2, 0) is 58.8 Å². The molecule has 4 aromatic carbocycles. The number of ether oxygens (including phenoxy) is 6. The van der Waals surface area contributed by atoms with Crippen LogP contribution in [0.1, 0.15) is 143 Å². The number of carbonyl (C=O) groups is 7. The summed E-state index contributed by atoms with van der Waals surface area (Å²) in [6, 6.07) is 28.5. The van der Waals surface area contributed by atoms with Crippen molar-refractivity contribution in [1.82, 2.24) is 5.32 Å². The van der Waals surface area contributed by atoms with Gasteiger partial charge in [-0.15, -0.1) is 0 Å². The van der Waals surface area contributed by atoms with Gasteiger partial charge in [-0.1, -0.05) is 99.6 Å². The van der Waals surface area contributed by atoms with E-state index < -0.39 is 125 Å². The summed E-state index contributed by atoms with van der Waals surface area (Å²) in [5, 5.41) is 51.7. The molecule has 5 N–H and O–H groups in total. The zero-order chi connectivity index (χ0) is 62.1. The summed E-state index contributed by atoms with van der Waals surface area (Å²) in [6.45, 7) is 10.1. The maximum absolute atomic E-state index is 15.9. The molecule has 0 radical (unpaired) electrons. The number of hydrogen-bond acceptors (Lipinski definition) is 17. The second kappa shape index (κ2) is 23.2. The number of carbonyl (C=O) groups excluding carboxylic acids is 7. The number of rotatable bonds is 14. The smallest absolute Gasteiger partial charge is 0.350 e. The molecule has 1 heterocycles. The topological polar surface area (TPSA) is 268 Å². The predicted molar refractivity (Wildman–Crippen MR) is 313 cm³/mol. The van der Waals surface area contributed by atoms with Gasteiger partial charge in [-0.3, -0.25) is 19.2 Å². The summed E-state index contributed by atoms with van der Waals surface area (Å²) in [4.78, 5) is 102.